The minimum Gasteiger partial charge on any atom is -0.361 e. The van der Waals surface area contributed by atoms with E-state index in [2.05, 4.69) is 4.98 Å². The van der Waals surface area contributed by atoms with E-state index in [0.717, 1.165) is 17.2 Å². The Morgan fingerprint density at radius 1 is 1.00 bits per heavy atom. The van der Waals surface area contributed by atoms with E-state index < -0.39 is 28.5 Å². The molecule has 0 spiro atoms. The predicted molar refractivity (Wildman–Crippen MR) is 117 cm³/mol. The highest BCUT2D eigenvalue weighted by Crippen LogP contribution is 2.33. The molecule has 1 aliphatic heterocycles. The number of nitro benzene ring substituents is 1. The van der Waals surface area contributed by atoms with Gasteiger partial charge in [0.05, 0.1) is 15.8 Å². The lowest BCUT2D eigenvalue weighted by Crippen LogP contribution is -2.63. The summed E-state index contributed by atoms with van der Waals surface area (Å²) in [7, 11) is 3.15. The van der Waals surface area contributed by atoms with Gasteiger partial charge in [0.2, 0.25) is 17.6 Å². The predicted octanol–water partition coefficient (Wildman–Crippen LogP) is 2.98. The van der Waals surface area contributed by atoms with E-state index in [-0.39, 0.29) is 23.6 Å². The number of halogens is 1. The molecular weight excluding hydrogens is 415 g/mol. The molecule has 1 aliphatic rings. The molecule has 32 heavy (non-hydrogen) atoms. The number of nitrogens with one attached hydrogen (secondary N) is 1. The molecule has 9 heteroatoms. The Hall–Kier alpha value is -3.75. The van der Waals surface area contributed by atoms with Gasteiger partial charge in [-0.15, -0.1) is 0 Å². The molecule has 0 unspecified atom stereocenters. The summed E-state index contributed by atoms with van der Waals surface area (Å²) in [6, 6.07) is 8.76. The maximum Gasteiger partial charge on any atom is 0.314 e. The number of hydrogen-bond acceptors (Lipinski definition) is 4. The summed E-state index contributed by atoms with van der Waals surface area (Å²) >= 11 is 0. The Kier molecular flexibility index (Phi) is 5.41. The second kappa shape index (κ2) is 8.07. The number of amides is 2. The summed E-state index contributed by atoms with van der Waals surface area (Å²) in [6.07, 6.45) is 1.95. The molecule has 0 radical (unpaired) electrons. The standard InChI is InChI=1S/C23H23FN4O4/c1-13-4-6-14(7-5-13)10-18-22(29)27(3)19(23(30)26(18)2)11-15-12-25-17-9-8-16(24)21(20(15)17)28(31)32/h4-9,12,18-19,25H,10-11H2,1-3H3/t18-,19-/m0/s1. The number of aromatic amines is 1. The van der Waals surface area contributed by atoms with Crippen molar-refractivity contribution in [1.29, 1.82) is 0 Å². The van der Waals surface area contributed by atoms with Crippen molar-refractivity contribution in [3.63, 3.8) is 0 Å². The normalized spacial score (nSPS) is 19.1. The molecule has 2 aromatic carbocycles. The van der Waals surface area contributed by atoms with Gasteiger partial charge in [0, 0.05) is 33.1 Å². The van der Waals surface area contributed by atoms with Crippen molar-refractivity contribution in [2.24, 2.45) is 0 Å². The first-order chi connectivity index (χ1) is 15.2. The molecule has 0 bridgehead atoms. The van der Waals surface area contributed by atoms with Gasteiger partial charge in [-0.25, -0.2) is 0 Å². The molecule has 2 atom stereocenters. The van der Waals surface area contributed by atoms with Crippen molar-refractivity contribution in [1.82, 2.24) is 14.8 Å². The largest absolute Gasteiger partial charge is 0.361 e. The Balaban J connectivity index is 1.63. The number of rotatable bonds is 5. The van der Waals surface area contributed by atoms with Gasteiger partial charge in [-0.3, -0.25) is 19.7 Å². The summed E-state index contributed by atoms with van der Waals surface area (Å²) in [5.41, 5.74) is 2.23. The zero-order chi connectivity index (χ0) is 23.2. The van der Waals surface area contributed by atoms with Gasteiger partial charge in [0.25, 0.3) is 0 Å². The van der Waals surface area contributed by atoms with Crippen LogP contribution in [0.4, 0.5) is 10.1 Å². The van der Waals surface area contributed by atoms with Gasteiger partial charge in [0.15, 0.2) is 0 Å². The van der Waals surface area contributed by atoms with E-state index in [4.69, 9.17) is 0 Å². The number of hydrogen-bond donors (Lipinski definition) is 1. The fraction of sp³-hybridized carbons (Fsp3) is 0.304. The Labute approximate surface area is 183 Å². The first kappa shape index (κ1) is 21.5. The van der Waals surface area contributed by atoms with Gasteiger partial charge in [-0.05, 0) is 30.2 Å². The monoisotopic (exact) mass is 438 g/mol. The highest BCUT2D eigenvalue weighted by molar-refractivity contribution is 5.98. The zero-order valence-corrected chi connectivity index (χ0v) is 18.0. The van der Waals surface area contributed by atoms with E-state index in [9.17, 15) is 24.1 Å². The minimum absolute atomic E-state index is 0.0347. The van der Waals surface area contributed by atoms with E-state index in [1.807, 2.05) is 31.2 Å². The summed E-state index contributed by atoms with van der Waals surface area (Å²) in [5, 5.41) is 11.6. The molecule has 4 rings (SSSR count). The molecule has 1 N–H and O–H groups in total. The lowest BCUT2D eigenvalue weighted by Gasteiger charge is -2.42. The fourth-order valence-electron chi connectivity index (χ4n) is 4.30. The SMILES string of the molecule is Cc1ccc(C[C@H]2C(=O)N(C)[C@@H](Cc3c[nH]c4ccc(F)c([N+](=O)[O-])c34)C(=O)N2C)cc1. The first-order valence-corrected chi connectivity index (χ1v) is 10.2. The van der Waals surface area contributed by atoms with Crippen LogP contribution in [0.15, 0.2) is 42.6 Å². The number of aromatic nitrogens is 1. The van der Waals surface area contributed by atoms with Gasteiger partial charge >= 0.3 is 5.69 Å². The van der Waals surface area contributed by atoms with Crippen molar-refractivity contribution >= 4 is 28.4 Å². The van der Waals surface area contributed by atoms with Gasteiger partial charge in [0.1, 0.15) is 12.1 Å². The number of carbonyl (C=O) groups excluding carboxylic acids is 2. The lowest BCUT2D eigenvalue weighted by molar-refractivity contribution is -0.385. The number of piperazine rings is 1. The molecule has 166 valence electrons. The quantitative estimate of drug-likeness (QED) is 0.489. The van der Waals surface area contributed by atoms with Crippen LogP contribution >= 0.6 is 0 Å². The number of carbonyl (C=O) groups is 2. The van der Waals surface area contributed by atoms with Crippen molar-refractivity contribution in [2.45, 2.75) is 31.8 Å². The molecule has 8 nitrogen and oxygen atoms in total. The van der Waals surface area contributed by atoms with E-state index >= 15 is 0 Å². The third kappa shape index (κ3) is 3.59. The average Bonchev–Trinajstić information content (AvgIpc) is 3.16. The highest BCUT2D eigenvalue weighted by Gasteiger charge is 2.43. The number of fused-ring (bicyclic) bond motifs is 1. The van der Waals surface area contributed by atoms with Crippen LogP contribution in [0.25, 0.3) is 10.9 Å². The number of nitrogens with zero attached hydrogens (tertiary/aromatic N) is 3. The summed E-state index contributed by atoms with van der Waals surface area (Å²) in [4.78, 5) is 42.8. The summed E-state index contributed by atoms with van der Waals surface area (Å²) < 4.78 is 14.2. The van der Waals surface area contributed by atoms with Crippen LogP contribution in [0.2, 0.25) is 0 Å². The third-order valence-electron chi connectivity index (χ3n) is 6.20. The Morgan fingerprint density at radius 2 is 1.59 bits per heavy atom. The van der Waals surface area contributed by atoms with E-state index in [0.29, 0.717) is 17.5 Å². The molecule has 1 saturated heterocycles. The fourth-order valence-corrected chi connectivity index (χ4v) is 4.30. The van der Waals surface area contributed by atoms with Gasteiger partial charge < -0.3 is 14.8 Å². The van der Waals surface area contributed by atoms with Crippen molar-refractivity contribution in [2.75, 3.05) is 14.1 Å². The first-order valence-electron chi connectivity index (χ1n) is 10.2. The molecule has 3 aromatic rings. The lowest BCUT2D eigenvalue weighted by atomic mass is 9.95. The summed E-state index contributed by atoms with van der Waals surface area (Å²) in [6.45, 7) is 1.98. The van der Waals surface area contributed by atoms with Crippen molar-refractivity contribution in [3.05, 3.63) is 75.2 Å². The average molecular weight is 438 g/mol. The topological polar surface area (TPSA) is 99.5 Å². The molecule has 1 fully saturated rings. The number of likely N-dealkylation sites (N-methyl/N-ethyl adjacent to an activating group) is 2. The molecule has 0 aliphatic carbocycles. The van der Waals surface area contributed by atoms with Crippen LogP contribution in [-0.2, 0) is 22.4 Å². The molecule has 1 aromatic heterocycles. The van der Waals surface area contributed by atoms with E-state index in [1.165, 1.54) is 22.1 Å². The van der Waals surface area contributed by atoms with Crippen LogP contribution in [0.5, 0.6) is 0 Å². The van der Waals surface area contributed by atoms with Gasteiger partial charge in [-0.1, -0.05) is 29.8 Å². The molecule has 2 heterocycles. The second-order valence-corrected chi connectivity index (χ2v) is 8.21. The second-order valence-electron chi connectivity index (χ2n) is 8.21. The molecule has 2 amide bonds. The number of H-pyrrole nitrogens is 1. The van der Waals surface area contributed by atoms with Crippen LogP contribution < -0.4 is 0 Å². The Morgan fingerprint density at radius 3 is 2.19 bits per heavy atom. The van der Waals surface area contributed by atoms with E-state index in [1.54, 1.807) is 14.1 Å². The molecule has 0 saturated carbocycles. The highest BCUT2D eigenvalue weighted by atomic mass is 19.1. The Bertz CT molecular complexity index is 1220. The number of benzene rings is 2. The van der Waals surface area contributed by atoms with Crippen molar-refractivity contribution in [3.8, 4) is 0 Å². The summed E-state index contributed by atoms with van der Waals surface area (Å²) in [5.74, 6) is -1.42. The minimum atomic E-state index is -0.946. The van der Waals surface area contributed by atoms with Crippen LogP contribution in [0.3, 0.4) is 0 Å². The van der Waals surface area contributed by atoms with Crippen LogP contribution in [0, 0.1) is 22.9 Å². The smallest absolute Gasteiger partial charge is 0.314 e. The zero-order valence-electron chi connectivity index (χ0n) is 18.0. The maximum atomic E-state index is 14.2. The van der Waals surface area contributed by atoms with Crippen molar-refractivity contribution < 1.29 is 18.9 Å². The number of aryl methyl sites for hydroxylation is 1. The number of nitro groups is 1. The van der Waals surface area contributed by atoms with Crippen LogP contribution in [-0.4, -0.2) is 57.7 Å². The van der Waals surface area contributed by atoms with Crippen LogP contribution in [0.1, 0.15) is 16.7 Å². The third-order valence-corrected chi connectivity index (χ3v) is 6.20. The van der Waals surface area contributed by atoms with Gasteiger partial charge in [-0.2, -0.15) is 4.39 Å². The maximum absolute atomic E-state index is 14.2. The molecular formula is C23H23FN4O4.